The van der Waals surface area contributed by atoms with Crippen molar-refractivity contribution in [3.05, 3.63) is 17.8 Å². The molecule has 0 spiro atoms. The number of carbonyl (C=O) groups excluding carboxylic acids is 2. The first-order valence-corrected chi connectivity index (χ1v) is 10.5. The molecule has 1 aromatic heterocycles. The van der Waals surface area contributed by atoms with E-state index in [0.717, 1.165) is 32.1 Å². The van der Waals surface area contributed by atoms with E-state index in [0.29, 0.717) is 18.0 Å². The first-order valence-electron chi connectivity index (χ1n) is 10.5. The van der Waals surface area contributed by atoms with Crippen molar-refractivity contribution in [2.45, 2.75) is 63.8 Å². The number of hydrogen-bond acceptors (Lipinski definition) is 8. The summed E-state index contributed by atoms with van der Waals surface area (Å²) < 4.78 is 10.5. The predicted molar refractivity (Wildman–Crippen MR) is 109 cm³/mol. The lowest BCUT2D eigenvalue weighted by Gasteiger charge is -2.18. The molecular formula is C20H31N5O5. The molecule has 10 heteroatoms. The van der Waals surface area contributed by atoms with Gasteiger partial charge in [0.15, 0.2) is 5.75 Å². The van der Waals surface area contributed by atoms with Crippen molar-refractivity contribution in [2.24, 2.45) is 5.92 Å². The van der Waals surface area contributed by atoms with E-state index < -0.39 is 0 Å². The van der Waals surface area contributed by atoms with Gasteiger partial charge in [-0.3, -0.25) is 10.2 Å². The SMILES string of the molecule is CCCNC(=O)O[C@H]1CC[C@@H](C2CC(NC(=O)Cc3ccnc(OC)c3O)NN2)C1. The Labute approximate surface area is 176 Å². The summed E-state index contributed by atoms with van der Waals surface area (Å²) in [6.07, 6.45) is 5.14. The van der Waals surface area contributed by atoms with Crippen molar-refractivity contribution < 1.29 is 24.2 Å². The van der Waals surface area contributed by atoms with Gasteiger partial charge in [0.05, 0.1) is 19.7 Å². The van der Waals surface area contributed by atoms with Crippen LogP contribution in [0.3, 0.4) is 0 Å². The summed E-state index contributed by atoms with van der Waals surface area (Å²) in [6.45, 7) is 2.62. The number of ether oxygens (including phenoxy) is 2. The van der Waals surface area contributed by atoms with E-state index in [-0.39, 0.29) is 48.4 Å². The number of carbonyl (C=O) groups is 2. The van der Waals surface area contributed by atoms with Crippen LogP contribution in [0.1, 0.15) is 44.6 Å². The molecule has 2 amide bonds. The normalized spacial score (nSPS) is 25.7. The lowest BCUT2D eigenvalue weighted by Crippen LogP contribution is -2.45. The highest BCUT2D eigenvalue weighted by atomic mass is 16.6. The third-order valence-electron chi connectivity index (χ3n) is 5.57. The zero-order valence-electron chi connectivity index (χ0n) is 17.4. The molecule has 2 fully saturated rings. The van der Waals surface area contributed by atoms with Crippen LogP contribution in [0.25, 0.3) is 0 Å². The molecule has 2 heterocycles. The summed E-state index contributed by atoms with van der Waals surface area (Å²) in [5.41, 5.74) is 6.83. The molecule has 2 aliphatic rings. The number of nitrogens with one attached hydrogen (secondary N) is 4. The number of alkyl carbamates (subject to hydrolysis) is 1. The third-order valence-corrected chi connectivity index (χ3v) is 5.57. The first kappa shape index (κ1) is 22.1. The summed E-state index contributed by atoms with van der Waals surface area (Å²) in [5.74, 6) is 0.142. The van der Waals surface area contributed by atoms with Crippen LogP contribution in [0, 0.1) is 5.92 Å². The second-order valence-electron chi connectivity index (χ2n) is 7.78. The maximum absolute atomic E-state index is 12.4. The summed E-state index contributed by atoms with van der Waals surface area (Å²) >= 11 is 0. The second kappa shape index (κ2) is 10.4. The lowest BCUT2D eigenvalue weighted by atomic mass is 9.96. The molecule has 10 nitrogen and oxygen atoms in total. The highest BCUT2D eigenvalue weighted by Crippen LogP contribution is 2.33. The van der Waals surface area contributed by atoms with Gasteiger partial charge in [-0.1, -0.05) is 6.92 Å². The van der Waals surface area contributed by atoms with Crippen LogP contribution in [-0.4, -0.2) is 54.1 Å². The van der Waals surface area contributed by atoms with Crippen molar-refractivity contribution in [3.8, 4) is 11.6 Å². The van der Waals surface area contributed by atoms with Crippen LogP contribution in [-0.2, 0) is 16.0 Å². The number of hydrogen-bond donors (Lipinski definition) is 5. The molecule has 1 aliphatic carbocycles. The Kier molecular flexibility index (Phi) is 7.69. The van der Waals surface area contributed by atoms with Crippen LogP contribution >= 0.6 is 0 Å². The highest BCUT2D eigenvalue weighted by Gasteiger charge is 2.37. The molecule has 0 aromatic carbocycles. The van der Waals surface area contributed by atoms with Crippen molar-refractivity contribution >= 4 is 12.0 Å². The number of aromatic nitrogens is 1. The number of amides is 2. The molecule has 0 radical (unpaired) electrons. The fourth-order valence-electron chi connectivity index (χ4n) is 4.03. The van der Waals surface area contributed by atoms with Crippen LogP contribution in [0.15, 0.2) is 12.3 Å². The Morgan fingerprint density at radius 3 is 2.90 bits per heavy atom. The van der Waals surface area contributed by atoms with Gasteiger partial charge in [0, 0.05) is 24.3 Å². The van der Waals surface area contributed by atoms with E-state index in [1.54, 1.807) is 6.07 Å². The molecule has 5 N–H and O–H groups in total. The average Bonchev–Trinajstić information content (AvgIpc) is 3.37. The molecular weight excluding hydrogens is 390 g/mol. The molecule has 1 aliphatic heterocycles. The van der Waals surface area contributed by atoms with Crippen molar-refractivity contribution in [1.82, 2.24) is 26.5 Å². The maximum atomic E-state index is 12.4. The fourth-order valence-corrected chi connectivity index (χ4v) is 4.03. The number of aromatic hydroxyl groups is 1. The molecule has 1 aromatic rings. The Morgan fingerprint density at radius 1 is 1.30 bits per heavy atom. The standard InChI is InChI=1S/C20H31N5O5/c1-3-7-22-20(28)30-14-5-4-12(9-14)15-11-16(25-24-15)23-17(26)10-13-6-8-21-19(29-2)18(13)27/h6,8,12,14-16,24-25,27H,3-5,7,9-11H2,1-2H3,(H,22,28)(H,23,26)/t12-,14+,15?,16?/m1/s1. The van der Waals surface area contributed by atoms with E-state index in [1.807, 2.05) is 6.92 Å². The van der Waals surface area contributed by atoms with Crippen LogP contribution in [0.5, 0.6) is 11.6 Å². The van der Waals surface area contributed by atoms with Gasteiger partial charge in [0.2, 0.25) is 5.91 Å². The second-order valence-corrected chi connectivity index (χ2v) is 7.78. The molecule has 3 rings (SSSR count). The van der Waals surface area contributed by atoms with Crippen LogP contribution in [0.2, 0.25) is 0 Å². The van der Waals surface area contributed by atoms with Crippen molar-refractivity contribution in [2.75, 3.05) is 13.7 Å². The third kappa shape index (κ3) is 5.73. The van der Waals surface area contributed by atoms with Gasteiger partial charge in [-0.25, -0.2) is 15.2 Å². The van der Waals surface area contributed by atoms with Gasteiger partial charge in [-0.05, 0) is 44.1 Å². The first-order chi connectivity index (χ1) is 14.5. The summed E-state index contributed by atoms with van der Waals surface area (Å²) in [4.78, 5) is 28.0. The Hall–Kier alpha value is -2.59. The van der Waals surface area contributed by atoms with E-state index in [4.69, 9.17) is 9.47 Å². The molecule has 2 unspecified atom stereocenters. The van der Waals surface area contributed by atoms with Crippen LogP contribution < -0.4 is 26.2 Å². The lowest BCUT2D eigenvalue weighted by molar-refractivity contribution is -0.121. The Balaban J connectivity index is 1.42. The molecule has 1 saturated heterocycles. The molecule has 4 atom stereocenters. The zero-order valence-corrected chi connectivity index (χ0v) is 17.4. The van der Waals surface area contributed by atoms with Crippen molar-refractivity contribution in [3.63, 3.8) is 0 Å². The summed E-state index contributed by atoms with van der Waals surface area (Å²) in [5, 5.41) is 15.8. The Bertz CT molecular complexity index is 746. The predicted octanol–water partition coefficient (Wildman–Crippen LogP) is 0.952. The minimum Gasteiger partial charge on any atom is -0.503 e. The van der Waals surface area contributed by atoms with E-state index in [1.165, 1.54) is 13.3 Å². The number of methoxy groups -OCH3 is 1. The average molecular weight is 421 g/mol. The topological polar surface area (TPSA) is 134 Å². The highest BCUT2D eigenvalue weighted by molar-refractivity contribution is 5.79. The summed E-state index contributed by atoms with van der Waals surface area (Å²) in [6, 6.07) is 1.78. The molecule has 0 bridgehead atoms. The van der Waals surface area contributed by atoms with Gasteiger partial charge >= 0.3 is 6.09 Å². The molecule has 166 valence electrons. The minimum atomic E-state index is -0.346. The Morgan fingerprint density at radius 2 is 2.13 bits per heavy atom. The largest absolute Gasteiger partial charge is 0.503 e. The van der Waals surface area contributed by atoms with Gasteiger partial charge in [-0.15, -0.1) is 0 Å². The number of nitrogens with zero attached hydrogens (tertiary/aromatic N) is 1. The smallest absolute Gasteiger partial charge is 0.407 e. The number of pyridine rings is 1. The number of hydrazine groups is 1. The number of rotatable bonds is 8. The van der Waals surface area contributed by atoms with E-state index in [2.05, 4.69) is 26.5 Å². The zero-order chi connectivity index (χ0) is 21.5. The van der Waals surface area contributed by atoms with Gasteiger partial charge in [0.1, 0.15) is 6.10 Å². The van der Waals surface area contributed by atoms with Gasteiger partial charge < -0.3 is 25.2 Å². The summed E-state index contributed by atoms with van der Waals surface area (Å²) in [7, 11) is 1.41. The monoisotopic (exact) mass is 421 g/mol. The van der Waals surface area contributed by atoms with E-state index in [9.17, 15) is 14.7 Å². The van der Waals surface area contributed by atoms with E-state index >= 15 is 0 Å². The van der Waals surface area contributed by atoms with Crippen LogP contribution in [0.4, 0.5) is 4.79 Å². The van der Waals surface area contributed by atoms with Gasteiger partial charge in [0.25, 0.3) is 5.88 Å². The van der Waals surface area contributed by atoms with Gasteiger partial charge in [-0.2, -0.15) is 0 Å². The quantitative estimate of drug-likeness (QED) is 0.419. The van der Waals surface area contributed by atoms with Crippen molar-refractivity contribution in [1.29, 1.82) is 0 Å². The maximum Gasteiger partial charge on any atom is 0.407 e. The minimum absolute atomic E-state index is 0.0276. The molecule has 30 heavy (non-hydrogen) atoms. The fraction of sp³-hybridized carbons (Fsp3) is 0.650. The molecule has 1 saturated carbocycles.